The third kappa shape index (κ3) is 2.52. The van der Waals surface area contributed by atoms with Gasteiger partial charge in [-0.25, -0.2) is 4.98 Å². The predicted octanol–water partition coefficient (Wildman–Crippen LogP) is 2.32. The molecular formula is C6H5BrN4S2. The van der Waals surface area contributed by atoms with E-state index in [9.17, 15) is 0 Å². The van der Waals surface area contributed by atoms with Gasteiger partial charge >= 0.3 is 0 Å². The minimum Gasteiger partial charge on any atom is -0.248 e. The monoisotopic (exact) mass is 276 g/mol. The number of halogens is 1. The Balaban J connectivity index is 1.93. The van der Waals surface area contributed by atoms with E-state index in [1.807, 2.05) is 6.20 Å². The molecule has 2 rings (SSSR count). The average molecular weight is 277 g/mol. The van der Waals surface area contributed by atoms with Crippen molar-refractivity contribution < 1.29 is 0 Å². The Hall–Kier alpha value is -0.400. The molecule has 0 bridgehead atoms. The van der Waals surface area contributed by atoms with Crippen LogP contribution < -0.4 is 0 Å². The summed E-state index contributed by atoms with van der Waals surface area (Å²) in [5.74, 6) is 0.836. The molecule has 2 aromatic rings. The van der Waals surface area contributed by atoms with E-state index in [4.69, 9.17) is 0 Å². The third-order valence-corrected chi connectivity index (χ3v) is 3.83. The third-order valence-electron chi connectivity index (χ3n) is 1.26. The highest BCUT2D eigenvalue weighted by Gasteiger charge is 2.02. The van der Waals surface area contributed by atoms with E-state index in [0.29, 0.717) is 0 Å². The summed E-state index contributed by atoms with van der Waals surface area (Å²) in [4.78, 5) is 4.21. The van der Waals surface area contributed by atoms with E-state index >= 15 is 0 Å². The van der Waals surface area contributed by atoms with E-state index < -0.39 is 0 Å². The Kier molecular flexibility index (Phi) is 2.97. The Morgan fingerprint density at radius 1 is 1.54 bits per heavy atom. The van der Waals surface area contributed by atoms with Gasteiger partial charge in [-0.3, -0.25) is 0 Å². The number of nitrogens with zero attached hydrogens (tertiary/aromatic N) is 3. The smallest absolute Gasteiger partial charge is 0.139 e. The number of aromatic nitrogens is 4. The largest absolute Gasteiger partial charge is 0.248 e. The molecule has 0 unspecified atom stereocenters. The Bertz CT molecular complexity index is 372. The first-order valence-corrected chi connectivity index (χ1v) is 6.03. The van der Waals surface area contributed by atoms with Crippen LogP contribution in [-0.4, -0.2) is 20.4 Å². The molecule has 0 atom stereocenters. The second kappa shape index (κ2) is 4.21. The average Bonchev–Trinajstić information content (AvgIpc) is 2.71. The zero-order valence-electron chi connectivity index (χ0n) is 6.40. The zero-order valence-corrected chi connectivity index (χ0v) is 9.62. The van der Waals surface area contributed by atoms with E-state index in [1.165, 1.54) is 0 Å². The van der Waals surface area contributed by atoms with Crippen molar-refractivity contribution >= 4 is 39.0 Å². The number of hydrogen-bond acceptors (Lipinski definition) is 5. The fourth-order valence-corrected chi connectivity index (χ4v) is 2.84. The van der Waals surface area contributed by atoms with Crippen LogP contribution in [-0.2, 0) is 5.75 Å². The number of rotatable bonds is 3. The lowest BCUT2D eigenvalue weighted by atomic mass is 10.8. The lowest BCUT2D eigenvalue weighted by molar-refractivity contribution is 0.911. The van der Waals surface area contributed by atoms with Gasteiger partial charge in [0, 0.05) is 0 Å². The first-order valence-electron chi connectivity index (χ1n) is 3.43. The molecule has 1 N–H and O–H groups in total. The van der Waals surface area contributed by atoms with Gasteiger partial charge in [0.15, 0.2) is 0 Å². The van der Waals surface area contributed by atoms with Gasteiger partial charge in [-0.2, -0.15) is 10.3 Å². The summed E-state index contributed by atoms with van der Waals surface area (Å²) in [6.45, 7) is 0. The summed E-state index contributed by atoms with van der Waals surface area (Å²) < 4.78 is 1.06. The molecule has 0 aliphatic heterocycles. The standard InChI is InChI=1S/C6H5BrN4S2/c7-4-1-8-6(13-4)3-12-5-2-9-11-10-5/h1-2H,3H2,(H,9,10,11). The lowest BCUT2D eigenvalue weighted by Gasteiger charge is -1.90. The van der Waals surface area contributed by atoms with Crippen molar-refractivity contribution in [1.82, 2.24) is 20.4 Å². The molecule has 0 aliphatic rings. The number of aromatic amines is 1. The van der Waals surface area contributed by atoms with Gasteiger partial charge in [-0.05, 0) is 15.9 Å². The summed E-state index contributed by atoms with van der Waals surface area (Å²) >= 11 is 6.62. The molecule has 0 saturated heterocycles. The number of hydrogen-bond donors (Lipinski definition) is 1. The maximum Gasteiger partial charge on any atom is 0.139 e. The summed E-state index contributed by atoms with van der Waals surface area (Å²) in [6.07, 6.45) is 3.51. The highest BCUT2D eigenvalue weighted by molar-refractivity contribution is 9.11. The molecule has 0 aromatic carbocycles. The van der Waals surface area contributed by atoms with Crippen LogP contribution in [0, 0.1) is 0 Å². The molecule has 13 heavy (non-hydrogen) atoms. The number of nitrogens with one attached hydrogen (secondary N) is 1. The van der Waals surface area contributed by atoms with Crippen molar-refractivity contribution in [3.8, 4) is 0 Å². The molecule has 2 aromatic heterocycles. The van der Waals surface area contributed by atoms with Crippen LogP contribution in [0.1, 0.15) is 5.01 Å². The second-order valence-electron chi connectivity index (χ2n) is 2.16. The lowest BCUT2D eigenvalue weighted by Crippen LogP contribution is -1.77. The van der Waals surface area contributed by atoms with Gasteiger partial charge in [0.2, 0.25) is 0 Å². The SMILES string of the molecule is Brc1cnc(CSc2cn[nH]n2)s1. The molecule has 7 heteroatoms. The molecule has 4 nitrogen and oxygen atoms in total. The molecule has 68 valence electrons. The van der Waals surface area contributed by atoms with Gasteiger partial charge < -0.3 is 0 Å². The molecule has 2 heterocycles. The zero-order chi connectivity index (χ0) is 9.10. The summed E-state index contributed by atoms with van der Waals surface area (Å²) in [7, 11) is 0. The van der Waals surface area contributed by atoms with Crippen LogP contribution in [0.25, 0.3) is 0 Å². The van der Waals surface area contributed by atoms with Gasteiger partial charge in [-0.15, -0.1) is 16.4 Å². The van der Waals surface area contributed by atoms with E-state index in [0.717, 1.165) is 19.6 Å². The van der Waals surface area contributed by atoms with Crippen LogP contribution in [0.2, 0.25) is 0 Å². The maximum absolute atomic E-state index is 4.21. The van der Waals surface area contributed by atoms with Gasteiger partial charge in [0.25, 0.3) is 0 Å². The number of thiazole rings is 1. The Morgan fingerprint density at radius 2 is 2.46 bits per heavy atom. The van der Waals surface area contributed by atoms with E-state index in [-0.39, 0.29) is 0 Å². The second-order valence-corrected chi connectivity index (χ2v) is 5.65. The van der Waals surface area contributed by atoms with Crippen LogP contribution in [0.3, 0.4) is 0 Å². The van der Waals surface area contributed by atoms with Crippen LogP contribution in [0.5, 0.6) is 0 Å². The van der Waals surface area contributed by atoms with Gasteiger partial charge in [0.1, 0.15) is 10.0 Å². The van der Waals surface area contributed by atoms with E-state index in [2.05, 4.69) is 36.3 Å². The van der Waals surface area contributed by atoms with Crippen molar-refractivity contribution in [2.75, 3.05) is 0 Å². The Morgan fingerprint density at radius 3 is 3.08 bits per heavy atom. The summed E-state index contributed by atoms with van der Waals surface area (Å²) in [5.41, 5.74) is 0. The topological polar surface area (TPSA) is 54.5 Å². The van der Waals surface area contributed by atoms with Crippen LogP contribution in [0.15, 0.2) is 21.2 Å². The van der Waals surface area contributed by atoms with E-state index in [1.54, 1.807) is 29.3 Å². The fourth-order valence-electron chi connectivity index (χ4n) is 0.751. The molecule has 0 amide bonds. The van der Waals surface area contributed by atoms with Gasteiger partial charge in [0.05, 0.1) is 21.9 Å². The van der Waals surface area contributed by atoms with Crippen molar-refractivity contribution in [3.63, 3.8) is 0 Å². The molecule has 0 fully saturated rings. The fraction of sp³-hybridized carbons (Fsp3) is 0.167. The first-order chi connectivity index (χ1) is 6.34. The molecule has 0 spiro atoms. The number of thioether (sulfide) groups is 1. The number of H-pyrrole nitrogens is 1. The highest BCUT2D eigenvalue weighted by atomic mass is 79.9. The predicted molar refractivity (Wildman–Crippen MR) is 55.8 cm³/mol. The highest BCUT2D eigenvalue weighted by Crippen LogP contribution is 2.25. The van der Waals surface area contributed by atoms with Crippen LogP contribution >= 0.6 is 39.0 Å². The van der Waals surface area contributed by atoms with Crippen LogP contribution in [0.4, 0.5) is 0 Å². The van der Waals surface area contributed by atoms with Crippen molar-refractivity contribution in [3.05, 3.63) is 21.2 Å². The Labute approximate surface area is 91.3 Å². The minimum atomic E-state index is 0.836. The van der Waals surface area contributed by atoms with Crippen molar-refractivity contribution in [1.29, 1.82) is 0 Å². The van der Waals surface area contributed by atoms with Crippen molar-refractivity contribution in [2.24, 2.45) is 0 Å². The van der Waals surface area contributed by atoms with Gasteiger partial charge in [-0.1, -0.05) is 11.8 Å². The van der Waals surface area contributed by atoms with Crippen molar-refractivity contribution in [2.45, 2.75) is 10.8 Å². The first kappa shape index (κ1) is 9.17. The molecule has 0 aliphatic carbocycles. The molecular weight excluding hydrogens is 272 g/mol. The maximum atomic E-state index is 4.21. The minimum absolute atomic E-state index is 0.836. The summed E-state index contributed by atoms with van der Waals surface area (Å²) in [5, 5.41) is 12.2. The quantitative estimate of drug-likeness (QED) is 0.875. The molecule has 0 radical (unpaired) electrons. The summed E-state index contributed by atoms with van der Waals surface area (Å²) in [6, 6.07) is 0. The normalized spacial score (nSPS) is 10.5. The molecule has 0 saturated carbocycles.